The third-order valence-corrected chi connectivity index (χ3v) is 2.54. The number of hydrogen-bond donors (Lipinski definition) is 1. The van der Waals surface area contributed by atoms with Crippen molar-refractivity contribution in [1.82, 2.24) is 4.98 Å². The highest BCUT2D eigenvalue weighted by Crippen LogP contribution is 2.27. The molecule has 2 aromatic rings. The molecule has 0 radical (unpaired) electrons. The summed E-state index contributed by atoms with van der Waals surface area (Å²) in [6, 6.07) is 7.92. The minimum atomic E-state index is -0.831. The molecule has 0 fully saturated rings. The highest BCUT2D eigenvalue weighted by molar-refractivity contribution is 5.42. The van der Waals surface area contributed by atoms with E-state index < -0.39 is 11.6 Å². The summed E-state index contributed by atoms with van der Waals surface area (Å²) in [6.45, 7) is 4.12. The van der Waals surface area contributed by atoms with Gasteiger partial charge in [0.25, 0.3) is 5.88 Å². The summed E-state index contributed by atoms with van der Waals surface area (Å²) in [6.07, 6.45) is 0. The Balaban J connectivity index is 2.34. The fourth-order valence-corrected chi connectivity index (χ4v) is 1.59. The zero-order valence-electron chi connectivity index (χ0n) is 10.7. The lowest BCUT2D eigenvalue weighted by Gasteiger charge is -2.10. The van der Waals surface area contributed by atoms with Crippen LogP contribution in [0, 0.1) is 18.6 Å². The summed E-state index contributed by atoms with van der Waals surface area (Å²) in [5, 5.41) is 2.71. The van der Waals surface area contributed by atoms with E-state index in [0.29, 0.717) is 12.3 Å². The van der Waals surface area contributed by atoms with E-state index in [1.54, 1.807) is 19.1 Å². The van der Waals surface area contributed by atoms with Gasteiger partial charge in [-0.2, -0.15) is 4.98 Å². The van der Waals surface area contributed by atoms with Crippen molar-refractivity contribution in [2.45, 2.75) is 13.8 Å². The van der Waals surface area contributed by atoms with E-state index in [1.807, 2.05) is 19.1 Å². The minimum absolute atomic E-state index is 0.0208. The highest BCUT2D eigenvalue weighted by Gasteiger charge is 2.14. The van der Waals surface area contributed by atoms with Gasteiger partial charge in [-0.25, -0.2) is 8.78 Å². The summed E-state index contributed by atoms with van der Waals surface area (Å²) in [4.78, 5) is 3.81. The Bertz CT molecular complexity index is 588. The molecule has 5 heteroatoms. The Morgan fingerprint density at radius 1 is 1.21 bits per heavy atom. The molecule has 0 saturated heterocycles. The number of rotatable bonds is 4. The summed E-state index contributed by atoms with van der Waals surface area (Å²) in [5.74, 6) is -1.35. The number of anilines is 1. The number of aryl methyl sites for hydroxylation is 1. The lowest BCUT2D eigenvalue weighted by atomic mass is 10.2. The molecule has 0 spiro atoms. The number of pyridine rings is 1. The molecule has 3 nitrogen and oxygen atoms in total. The summed E-state index contributed by atoms with van der Waals surface area (Å²) >= 11 is 0. The zero-order valence-corrected chi connectivity index (χ0v) is 10.7. The monoisotopic (exact) mass is 264 g/mol. The van der Waals surface area contributed by atoms with Crippen LogP contribution in [0.25, 0.3) is 0 Å². The Hall–Kier alpha value is -2.17. The van der Waals surface area contributed by atoms with E-state index in [4.69, 9.17) is 4.74 Å². The minimum Gasteiger partial charge on any atom is -0.436 e. The summed E-state index contributed by atoms with van der Waals surface area (Å²) in [7, 11) is 0. The standard InChI is InChI=1S/C14H14F2N2O/c1-3-17-13-10(15)8-11(16)14(18-13)19-12-7-5-4-6-9(12)2/h4-8H,3H2,1-2H3,(H,17,18). The Kier molecular flexibility index (Phi) is 3.94. The number of aromatic nitrogens is 1. The Morgan fingerprint density at radius 3 is 2.63 bits per heavy atom. The van der Waals surface area contributed by atoms with Gasteiger partial charge in [-0.15, -0.1) is 0 Å². The van der Waals surface area contributed by atoms with Gasteiger partial charge in [0.2, 0.25) is 0 Å². The first-order valence-electron chi connectivity index (χ1n) is 5.95. The smallest absolute Gasteiger partial charge is 0.258 e. The van der Waals surface area contributed by atoms with Crippen LogP contribution < -0.4 is 10.1 Å². The van der Waals surface area contributed by atoms with Gasteiger partial charge in [-0.1, -0.05) is 18.2 Å². The first-order valence-corrected chi connectivity index (χ1v) is 5.95. The fraction of sp³-hybridized carbons (Fsp3) is 0.214. The number of nitrogens with zero attached hydrogens (tertiary/aromatic N) is 1. The lowest BCUT2D eigenvalue weighted by Crippen LogP contribution is -2.05. The van der Waals surface area contributed by atoms with Crippen molar-refractivity contribution >= 4 is 5.82 Å². The molecule has 0 saturated carbocycles. The van der Waals surface area contributed by atoms with Crippen molar-refractivity contribution in [3.8, 4) is 11.6 Å². The zero-order chi connectivity index (χ0) is 13.8. The van der Waals surface area contributed by atoms with E-state index in [9.17, 15) is 8.78 Å². The maximum atomic E-state index is 13.6. The van der Waals surface area contributed by atoms with E-state index >= 15 is 0 Å². The molecule has 19 heavy (non-hydrogen) atoms. The molecular formula is C14H14F2N2O. The van der Waals surface area contributed by atoms with E-state index in [0.717, 1.165) is 11.6 Å². The quantitative estimate of drug-likeness (QED) is 0.909. The topological polar surface area (TPSA) is 34.2 Å². The molecule has 1 aromatic heterocycles. The van der Waals surface area contributed by atoms with Crippen LogP contribution >= 0.6 is 0 Å². The van der Waals surface area contributed by atoms with Gasteiger partial charge in [0.15, 0.2) is 17.5 Å². The molecule has 0 unspecified atom stereocenters. The fourth-order valence-electron chi connectivity index (χ4n) is 1.59. The van der Waals surface area contributed by atoms with Gasteiger partial charge in [0.05, 0.1) is 0 Å². The first kappa shape index (κ1) is 13.3. The van der Waals surface area contributed by atoms with Crippen LogP contribution in [0.15, 0.2) is 30.3 Å². The average molecular weight is 264 g/mol. The third-order valence-electron chi connectivity index (χ3n) is 2.54. The van der Waals surface area contributed by atoms with Gasteiger partial charge in [0.1, 0.15) is 5.75 Å². The average Bonchev–Trinajstić information content (AvgIpc) is 2.38. The molecule has 0 atom stereocenters. The molecule has 0 aliphatic carbocycles. The molecule has 0 bridgehead atoms. The number of hydrogen-bond acceptors (Lipinski definition) is 3. The summed E-state index contributed by atoms with van der Waals surface area (Å²) in [5.41, 5.74) is 0.845. The number of halogens is 2. The molecule has 1 aromatic carbocycles. The van der Waals surface area contributed by atoms with Crippen LogP contribution in [-0.4, -0.2) is 11.5 Å². The number of ether oxygens (including phenoxy) is 1. The second-order valence-electron chi connectivity index (χ2n) is 4.00. The predicted molar refractivity (Wildman–Crippen MR) is 69.6 cm³/mol. The molecule has 100 valence electrons. The maximum Gasteiger partial charge on any atom is 0.258 e. The van der Waals surface area contributed by atoms with Crippen LogP contribution in [0.2, 0.25) is 0 Å². The van der Waals surface area contributed by atoms with Crippen LogP contribution in [-0.2, 0) is 0 Å². The molecule has 1 heterocycles. The maximum absolute atomic E-state index is 13.6. The second-order valence-corrected chi connectivity index (χ2v) is 4.00. The van der Waals surface area contributed by atoms with Crippen LogP contribution in [0.5, 0.6) is 11.6 Å². The van der Waals surface area contributed by atoms with Crippen molar-refractivity contribution in [2.24, 2.45) is 0 Å². The van der Waals surface area contributed by atoms with E-state index in [2.05, 4.69) is 10.3 Å². The van der Waals surface area contributed by atoms with Crippen molar-refractivity contribution in [3.63, 3.8) is 0 Å². The summed E-state index contributed by atoms with van der Waals surface area (Å²) < 4.78 is 32.4. The largest absolute Gasteiger partial charge is 0.436 e. The van der Waals surface area contributed by atoms with Gasteiger partial charge in [0, 0.05) is 12.6 Å². The Morgan fingerprint density at radius 2 is 1.95 bits per heavy atom. The van der Waals surface area contributed by atoms with Crippen LogP contribution in [0.4, 0.5) is 14.6 Å². The number of benzene rings is 1. The van der Waals surface area contributed by atoms with E-state index in [1.165, 1.54) is 0 Å². The number of para-hydroxylation sites is 1. The van der Waals surface area contributed by atoms with Crippen molar-refractivity contribution < 1.29 is 13.5 Å². The van der Waals surface area contributed by atoms with Gasteiger partial charge >= 0.3 is 0 Å². The molecule has 0 aliphatic heterocycles. The van der Waals surface area contributed by atoms with E-state index in [-0.39, 0.29) is 11.7 Å². The SMILES string of the molecule is CCNc1nc(Oc2ccccc2C)c(F)cc1F. The normalized spacial score (nSPS) is 10.3. The van der Waals surface area contributed by atoms with Crippen molar-refractivity contribution in [3.05, 3.63) is 47.5 Å². The van der Waals surface area contributed by atoms with Crippen LogP contribution in [0.1, 0.15) is 12.5 Å². The molecule has 0 aliphatic rings. The van der Waals surface area contributed by atoms with Gasteiger partial charge < -0.3 is 10.1 Å². The van der Waals surface area contributed by atoms with Crippen molar-refractivity contribution in [2.75, 3.05) is 11.9 Å². The van der Waals surface area contributed by atoms with Crippen molar-refractivity contribution in [1.29, 1.82) is 0 Å². The predicted octanol–water partition coefficient (Wildman–Crippen LogP) is 3.89. The van der Waals surface area contributed by atoms with Crippen LogP contribution in [0.3, 0.4) is 0 Å². The Labute approximate surface area is 110 Å². The lowest BCUT2D eigenvalue weighted by molar-refractivity contribution is 0.415. The second kappa shape index (κ2) is 5.65. The molecule has 2 rings (SSSR count). The van der Waals surface area contributed by atoms with Gasteiger partial charge in [-0.05, 0) is 25.5 Å². The first-order chi connectivity index (χ1) is 9.11. The molecule has 1 N–H and O–H groups in total. The number of nitrogens with one attached hydrogen (secondary N) is 1. The third kappa shape index (κ3) is 2.99. The molecule has 0 amide bonds. The highest BCUT2D eigenvalue weighted by atomic mass is 19.1. The molecular weight excluding hydrogens is 250 g/mol. The van der Waals surface area contributed by atoms with Gasteiger partial charge in [-0.3, -0.25) is 0 Å².